The predicted molar refractivity (Wildman–Crippen MR) is 50.9 cm³/mol. The lowest BCUT2D eigenvalue weighted by atomic mass is 10.2. The maximum Gasteiger partial charge on any atom is 0.213 e. The quantitative estimate of drug-likeness (QED) is 0.880. The normalized spacial score (nSPS) is 11.6. The molecule has 72 valence electrons. The van der Waals surface area contributed by atoms with Crippen LogP contribution in [-0.4, -0.2) is 8.42 Å². The molecule has 0 radical (unpaired) electrons. The van der Waals surface area contributed by atoms with Crippen molar-refractivity contribution in [3.63, 3.8) is 0 Å². The molecule has 0 fully saturated rings. The average Bonchev–Trinajstić information content (AvgIpc) is 1.95. The number of halogens is 2. The van der Waals surface area contributed by atoms with Gasteiger partial charge in [-0.25, -0.2) is 17.9 Å². The zero-order chi connectivity index (χ0) is 10.1. The van der Waals surface area contributed by atoms with Crippen molar-refractivity contribution < 1.29 is 12.8 Å². The van der Waals surface area contributed by atoms with E-state index in [0.717, 1.165) is 0 Å². The van der Waals surface area contributed by atoms with Gasteiger partial charge in [0.2, 0.25) is 10.0 Å². The smallest absolute Gasteiger partial charge is 0.213 e. The van der Waals surface area contributed by atoms with Gasteiger partial charge in [-0.1, -0.05) is 22.0 Å². The van der Waals surface area contributed by atoms with Gasteiger partial charge in [0.05, 0.1) is 5.75 Å². The van der Waals surface area contributed by atoms with Crippen LogP contribution in [0.25, 0.3) is 0 Å². The van der Waals surface area contributed by atoms with Crippen LogP contribution in [0.2, 0.25) is 0 Å². The summed E-state index contributed by atoms with van der Waals surface area (Å²) in [4.78, 5) is 0. The molecular formula is C7H7BrFNO2S. The van der Waals surface area contributed by atoms with Gasteiger partial charge in [-0.15, -0.1) is 0 Å². The number of rotatable bonds is 2. The summed E-state index contributed by atoms with van der Waals surface area (Å²) in [6.45, 7) is 0. The molecule has 0 aliphatic rings. The molecule has 1 aromatic carbocycles. The molecule has 6 heteroatoms. The molecule has 0 saturated carbocycles. The third kappa shape index (κ3) is 3.06. The van der Waals surface area contributed by atoms with E-state index in [0.29, 0.717) is 4.47 Å². The minimum atomic E-state index is -3.69. The van der Waals surface area contributed by atoms with Crippen molar-refractivity contribution in [2.75, 3.05) is 0 Å². The molecule has 0 amide bonds. The second-order valence-corrected chi connectivity index (χ2v) is 4.98. The fourth-order valence-corrected chi connectivity index (χ4v) is 2.23. The number of benzene rings is 1. The van der Waals surface area contributed by atoms with Crippen molar-refractivity contribution in [3.8, 4) is 0 Å². The number of primary sulfonamides is 1. The molecule has 0 bridgehead atoms. The van der Waals surface area contributed by atoms with Crippen molar-refractivity contribution in [1.29, 1.82) is 0 Å². The van der Waals surface area contributed by atoms with E-state index < -0.39 is 21.6 Å². The lowest BCUT2D eigenvalue weighted by molar-refractivity contribution is 0.588. The average molecular weight is 268 g/mol. The van der Waals surface area contributed by atoms with Gasteiger partial charge in [0.25, 0.3) is 0 Å². The second kappa shape index (κ2) is 3.73. The molecule has 0 spiro atoms. The van der Waals surface area contributed by atoms with Gasteiger partial charge in [-0.05, 0) is 12.1 Å². The SMILES string of the molecule is NS(=O)(=O)Cc1c(F)cccc1Br. The Hall–Kier alpha value is -0.460. The summed E-state index contributed by atoms with van der Waals surface area (Å²) in [6, 6.07) is 4.22. The molecule has 13 heavy (non-hydrogen) atoms. The molecule has 0 aromatic heterocycles. The minimum Gasteiger partial charge on any atom is -0.228 e. The molecule has 0 aliphatic carbocycles. The Kier molecular flexibility index (Phi) is 3.05. The van der Waals surface area contributed by atoms with Crippen LogP contribution in [0, 0.1) is 5.82 Å². The van der Waals surface area contributed by atoms with Crippen LogP contribution in [0.5, 0.6) is 0 Å². The van der Waals surface area contributed by atoms with Crippen molar-refractivity contribution in [1.82, 2.24) is 0 Å². The van der Waals surface area contributed by atoms with Gasteiger partial charge < -0.3 is 0 Å². The van der Waals surface area contributed by atoms with Crippen molar-refractivity contribution in [2.45, 2.75) is 5.75 Å². The van der Waals surface area contributed by atoms with Gasteiger partial charge >= 0.3 is 0 Å². The van der Waals surface area contributed by atoms with Gasteiger partial charge in [0.1, 0.15) is 5.82 Å². The second-order valence-electron chi connectivity index (χ2n) is 2.51. The Morgan fingerprint density at radius 1 is 1.46 bits per heavy atom. The van der Waals surface area contributed by atoms with E-state index in [4.69, 9.17) is 5.14 Å². The van der Waals surface area contributed by atoms with E-state index in [-0.39, 0.29) is 5.56 Å². The first-order valence-corrected chi connectivity index (χ1v) is 5.84. The first kappa shape index (κ1) is 10.6. The fraction of sp³-hybridized carbons (Fsp3) is 0.143. The third-order valence-corrected chi connectivity index (χ3v) is 2.84. The van der Waals surface area contributed by atoms with Crippen molar-refractivity contribution >= 4 is 26.0 Å². The summed E-state index contributed by atoms with van der Waals surface area (Å²) >= 11 is 3.04. The Labute approximate surface area is 83.9 Å². The zero-order valence-corrected chi connectivity index (χ0v) is 8.90. The first-order valence-electron chi connectivity index (χ1n) is 3.33. The lowest BCUT2D eigenvalue weighted by Gasteiger charge is -2.03. The van der Waals surface area contributed by atoms with Gasteiger partial charge in [-0.2, -0.15) is 0 Å². The van der Waals surface area contributed by atoms with Crippen LogP contribution in [0.4, 0.5) is 4.39 Å². The van der Waals surface area contributed by atoms with Crippen LogP contribution >= 0.6 is 15.9 Å². The molecule has 2 N–H and O–H groups in total. The van der Waals surface area contributed by atoms with E-state index in [1.54, 1.807) is 6.07 Å². The summed E-state index contributed by atoms with van der Waals surface area (Å²) in [5, 5.41) is 4.79. The monoisotopic (exact) mass is 267 g/mol. The molecule has 0 unspecified atom stereocenters. The largest absolute Gasteiger partial charge is 0.228 e. The maximum atomic E-state index is 13.0. The zero-order valence-electron chi connectivity index (χ0n) is 6.50. The number of hydrogen-bond acceptors (Lipinski definition) is 2. The highest BCUT2D eigenvalue weighted by atomic mass is 79.9. The van der Waals surface area contributed by atoms with Gasteiger partial charge in [0, 0.05) is 10.0 Å². The van der Waals surface area contributed by atoms with Crippen LogP contribution in [0.3, 0.4) is 0 Å². The number of sulfonamides is 1. The Bertz CT molecular complexity index is 398. The van der Waals surface area contributed by atoms with E-state index in [9.17, 15) is 12.8 Å². The Balaban J connectivity index is 3.15. The molecule has 0 aliphatic heterocycles. The Morgan fingerprint density at radius 3 is 2.54 bits per heavy atom. The highest BCUT2D eigenvalue weighted by Gasteiger charge is 2.12. The van der Waals surface area contributed by atoms with Gasteiger partial charge in [0.15, 0.2) is 0 Å². The third-order valence-electron chi connectivity index (χ3n) is 1.41. The van der Waals surface area contributed by atoms with Crippen LogP contribution < -0.4 is 5.14 Å². The van der Waals surface area contributed by atoms with Crippen LogP contribution in [-0.2, 0) is 15.8 Å². The number of hydrogen-bond donors (Lipinski definition) is 1. The fourth-order valence-electron chi connectivity index (χ4n) is 0.871. The molecular weight excluding hydrogens is 261 g/mol. The van der Waals surface area contributed by atoms with E-state index >= 15 is 0 Å². The molecule has 1 rings (SSSR count). The first-order chi connectivity index (χ1) is 5.90. The molecule has 0 heterocycles. The molecule has 0 saturated heterocycles. The standard InChI is InChI=1S/C7H7BrFNO2S/c8-6-2-1-3-7(9)5(6)4-13(10,11)12/h1-3H,4H2,(H2,10,11,12). The molecule has 1 aromatic rings. The predicted octanol–water partition coefficient (Wildman–Crippen LogP) is 1.38. The topological polar surface area (TPSA) is 60.2 Å². The lowest BCUT2D eigenvalue weighted by Crippen LogP contribution is -2.15. The minimum absolute atomic E-state index is 0.0602. The summed E-state index contributed by atoms with van der Waals surface area (Å²) in [7, 11) is -3.69. The van der Waals surface area contributed by atoms with E-state index in [1.165, 1.54) is 12.1 Å². The van der Waals surface area contributed by atoms with Crippen molar-refractivity contribution in [2.24, 2.45) is 5.14 Å². The summed E-state index contributed by atoms with van der Waals surface area (Å²) in [6.07, 6.45) is 0. The van der Waals surface area contributed by atoms with E-state index in [1.807, 2.05) is 0 Å². The molecule has 0 atom stereocenters. The highest BCUT2D eigenvalue weighted by Crippen LogP contribution is 2.20. The summed E-state index contributed by atoms with van der Waals surface area (Å²) in [5.41, 5.74) is 0.0602. The van der Waals surface area contributed by atoms with E-state index in [2.05, 4.69) is 15.9 Å². The maximum absolute atomic E-state index is 13.0. The highest BCUT2D eigenvalue weighted by molar-refractivity contribution is 9.10. The number of nitrogens with two attached hydrogens (primary N) is 1. The molecule has 3 nitrogen and oxygen atoms in total. The summed E-state index contributed by atoms with van der Waals surface area (Å²) in [5.74, 6) is -1.08. The Morgan fingerprint density at radius 2 is 2.08 bits per heavy atom. The summed E-state index contributed by atoms with van der Waals surface area (Å²) < 4.78 is 34.8. The van der Waals surface area contributed by atoms with Crippen molar-refractivity contribution in [3.05, 3.63) is 34.1 Å². The van der Waals surface area contributed by atoms with Crippen LogP contribution in [0.15, 0.2) is 22.7 Å². The van der Waals surface area contributed by atoms with Gasteiger partial charge in [-0.3, -0.25) is 0 Å². The van der Waals surface area contributed by atoms with Crippen LogP contribution in [0.1, 0.15) is 5.56 Å².